The third-order valence-electron chi connectivity index (χ3n) is 4.68. The van der Waals surface area contributed by atoms with E-state index >= 15 is 0 Å². The molecule has 3 amide bonds. The normalized spacial score (nSPS) is 12.9. The van der Waals surface area contributed by atoms with E-state index in [2.05, 4.69) is 16.0 Å². The Morgan fingerprint density at radius 1 is 1.10 bits per heavy atom. The fourth-order valence-corrected chi connectivity index (χ4v) is 3.15. The third-order valence-corrected chi connectivity index (χ3v) is 4.68. The van der Waals surface area contributed by atoms with Crippen LogP contribution in [0.25, 0.3) is 0 Å². The van der Waals surface area contributed by atoms with Gasteiger partial charge in [0.1, 0.15) is 0 Å². The summed E-state index contributed by atoms with van der Waals surface area (Å²) in [4.78, 5) is 26.1. The maximum absolute atomic E-state index is 12.4. The predicted molar refractivity (Wildman–Crippen MR) is 115 cm³/mol. The number of aliphatic hydroxyl groups excluding tert-OH is 1. The second-order valence-corrected chi connectivity index (χ2v) is 7.32. The van der Waals surface area contributed by atoms with Gasteiger partial charge in [-0.25, -0.2) is 4.79 Å². The number of benzene rings is 2. The molecule has 2 atom stereocenters. The number of carbonyl (C=O) groups excluding carboxylic acids is 2. The molecule has 0 aliphatic heterocycles. The number of amides is 3. The summed E-state index contributed by atoms with van der Waals surface area (Å²) in [6.45, 7) is 2.77. The molecule has 4 N–H and O–H groups in total. The number of rotatable bonds is 8. The van der Waals surface area contributed by atoms with Gasteiger partial charge in [-0.2, -0.15) is 0 Å². The van der Waals surface area contributed by atoms with Crippen molar-refractivity contribution in [2.45, 2.75) is 13.0 Å². The van der Waals surface area contributed by atoms with Crippen LogP contribution < -0.4 is 16.0 Å². The van der Waals surface area contributed by atoms with Crippen molar-refractivity contribution >= 4 is 17.6 Å². The number of urea groups is 1. The SMILES string of the molecule is CNC(=O)c1ccc(NC(=O)NC[C@@H](CN(C)C)[C@H](O)c2ccccc2)c(C)c1. The van der Waals surface area contributed by atoms with Gasteiger partial charge in [0.2, 0.25) is 0 Å². The van der Waals surface area contributed by atoms with Gasteiger partial charge in [-0.3, -0.25) is 4.79 Å². The van der Waals surface area contributed by atoms with Crippen LogP contribution in [0.2, 0.25) is 0 Å². The Bertz CT molecular complexity index is 824. The average molecular weight is 399 g/mol. The lowest BCUT2D eigenvalue weighted by atomic mass is 9.95. The highest BCUT2D eigenvalue weighted by Gasteiger charge is 2.22. The summed E-state index contributed by atoms with van der Waals surface area (Å²) < 4.78 is 0. The molecule has 7 heteroatoms. The molecule has 156 valence electrons. The lowest BCUT2D eigenvalue weighted by Gasteiger charge is -2.26. The van der Waals surface area contributed by atoms with E-state index in [1.54, 1.807) is 25.2 Å². The van der Waals surface area contributed by atoms with Crippen molar-refractivity contribution in [1.82, 2.24) is 15.5 Å². The van der Waals surface area contributed by atoms with Crippen LogP contribution >= 0.6 is 0 Å². The Labute approximate surface area is 172 Å². The van der Waals surface area contributed by atoms with E-state index < -0.39 is 6.10 Å². The molecule has 0 aromatic heterocycles. The van der Waals surface area contributed by atoms with Gasteiger partial charge in [0.15, 0.2) is 0 Å². The fourth-order valence-electron chi connectivity index (χ4n) is 3.15. The molecule has 0 unspecified atom stereocenters. The monoisotopic (exact) mass is 398 g/mol. The summed E-state index contributed by atoms with van der Waals surface area (Å²) in [5.41, 5.74) is 2.77. The van der Waals surface area contributed by atoms with Crippen molar-refractivity contribution < 1.29 is 14.7 Å². The van der Waals surface area contributed by atoms with E-state index in [-0.39, 0.29) is 17.9 Å². The molecule has 0 aliphatic carbocycles. The Balaban J connectivity index is 2.00. The second-order valence-electron chi connectivity index (χ2n) is 7.32. The fraction of sp³-hybridized carbons (Fsp3) is 0.364. The highest BCUT2D eigenvalue weighted by atomic mass is 16.3. The van der Waals surface area contributed by atoms with Crippen molar-refractivity contribution in [3.63, 3.8) is 0 Å². The maximum atomic E-state index is 12.4. The second kappa shape index (κ2) is 10.6. The van der Waals surface area contributed by atoms with E-state index in [1.165, 1.54) is 0 Å². The van der Waals surface area contributed by atoms with Gasteiger partial charge >= 0.3 is 6.03 Å². The van der Waals surface area contributed by atoms with E-state index in [0.717, 1.165) is 11.1 Å². The lowest BCUT2D eigenvalue weighted by molar-refractivity contribution is 0.0911. The minimum atomic E-state index is -0.688. The molecule has 2 aromatic rings. The number of nitrogens with zero attached hydrogens (tertiary/aromatic N) is 1. The number of nitrogens with one attached hydrogen (secondary N) is 3. The Hall–Kier alpha value is -2.90. The van der Waals surface area contributed by atoms with Gasteiger partial charge in [0.25, 0.3) is 5.91 Å². The highest BCUT2D eigenvalue weighted by molar-refractivity contribution is 5.96. The van der Waals surface area contributed by atoms with Gasteiger partial charge in [0, 0.05) is 37.3 Å². The Morgan fingerprint density at radius 2 is 1.79 bits per heavy atom. The van der Waals surface area contributed by atoms with Gasteiger partial charge in [-0.1, -0.05) is 30.3 Å². The van der Waals surface area contributed by atoms with E-state index in [0.29, 0.717) is 24.3 Å². The average Bonchev–Trinajstić information content (AvgIpc) is 2.71. The van der Waals surface area contributed by atoms with Gasteiger partial charge in [-0.15, -0.1) is 0 Å². The quantitative estimate of drug-likeness (QED) is 0.549. The Kier molecular flexibility index (Phi) is 8.18. The van der Waals surface area contributed by atoms with E-state index in [4.69, 9.17) is 0 Å². The minimum absolute atomic E-state index is 0.171. The zero-order chi connectivity index (χ0) is 21.4. The van der Waals surface area contributed by atoms with Crippen LogP contribution in [0.5, 0.6) is 0 Å². The molecule has 0 fully saturated rings. The number of hydrogen-bond acceptors (Lipinski definition) is 4. The summed E-state index contributed by atoms with van der Waals surface area (Å²) in [5, 5.41) is 19.0. The first-order valence-corrected chi connectivity index (χ1v) is 9.57. The molecule has 0 aliphatic rings. The smallest absolute Gasteiger partial charge is 0.319 e. The molecular weight excluding hydrogens is 368 g/mol. The molecule has 0 radical (unpaired) electrons. The van der Waals surface area contributed by atoms with Crippen LogP contribution in [0.15, 0.2) is 48.5 Å². The minimum Gasteiger partial charge on any atom is -0.388 e. The lowest BCUT2D eigenvalue weighted by Crippen LogP contribution is -2.39. The van der Waals surface area contributed by atoms with Gasteiger partial charge < -0.3 is 26.0 Å². The number of aliphatic hydroxyl groups is 1. The summed E-state index contributed by atoms with van der Waals surface area (Å²) >= 11 is 0. The molecule has 0 saturated heterocycles. The van der Waals surface area contributed by atoms with Gasteiger partial charge in [-0.05, 0) is 50.3 Å². The van der Waals surface area contributed by atoms with Crippen molar-refractivity contribution in [3.05, 3.63) is 65.2 Å². The highest BCUT2D eigenvalue weighted by Crippen LogP contribution is 2.22. The van der Waals surface area contributed by atoms with Gasteiger partial charge in [0.05, 0.1) is 6.10 Å². The summed E-state index contributed by atoms with van der Waals surface area (Å²) in [6, 6.07) is 14.2. The molecule has 0 saturated carbocycles. The molecule has 29 heavy (non-hydrogen) atoms. The number of anilines is 1. The van der Waals surface area contributed by atoms with Crippen LogP contribution in [0.3, 0.4) is 0 Å². The first kappa shape index (κ1) is 22.4. The van der Waals surface area contributed by atoms with Crippen molar-refractivity contribution in [3.8, 4) is 0 Å². The van der Waals surface area contributed by atoms with Crippen LogP contribution in [0.4, 0.5) is 10.5 Å². The molecule has 2 rings (SSSR count). The van der Waals surface area contributed by atoms with Crippen molar-refractivity contribution in [1.29, 1.82) is 0 Å². The summed E-state index contributed by atoms with van der Waals surface area (Å²) in [7, 11) is 5.44. The van der Waals surface area contributed by atoms with Crippen LogP contribution in [0, 0.1) is 12.8 Å². The van der Waals surface area contributed by atoms with Crippen LogP contribution in [0.1, 0.15) is 27.6 Å². The molecule has 2 aromatic carbocycles. The topological polar surface area (TPSA) is 93.7 Å². The zero-order valence-electron chi connectivity index (χ0n) is 17.4. The first-order chi connectivity index (χ1) is 13.8. The summed E-state index contributed by atoms with van der Waals surface area (Å²) in [6.07, 6.45) is -0.688. The van der Waals surface area contributed by atoms with Crippen molar-refractivity contribution in [2.75, 3.05) is 39.5 Å². The standard InChI is InChI=1S/C22H30N4O3/c1-15-12-17(21(28)23-2)10-11-19(15)25-22(29)24-13-18(14-26(3)4)20(27)16-8-6-5-7-9-16/h5-12,18,20,27H,13-14H2,1-4H3,(H,23,28)(H2,24,25,29)/t18-,20+/m0/s1. The molecule has 7 nitrogen and oxygen atoms in total. The summed E-state index contributed by atoms with van der Waals surface area (Å²) in [5.74, 6) is -0.347. The van der Waals surface area contributed by atoms with E-state index in [9.17, 15) is 14.7 Å². The molecule has 0 heterocycles. The predicted octanol–water partition coefficient (Wildman–Crippen LogP) is 2.39. The van der Waals surface area contributed by atoms with E-state index in [1.807, 2.05) is 56.3 Å². The number of hydrogen-bond donors (Lipinski definition) is 4. The van der Waals surface area contributed by atoms with Crippen molar-refractivity contribution in [2.24, 2.45) is 5.92 Å². The largest absolute Gasteiger partial charge is 0.388 e. The van der Waals surface area contributed by atoms with Crippen LogP contribution in [-0.2, 0) is 0 Å². The first-order valence-electron chi connectivity index (χ1n) is 9.57. The van der Waals surface area contributed by atoms with Crippen LogP contribution in [-0.4, -0.2) is 56.2 Å². The zero-order valence-corrected chi connectivity index (χ0v) is 17.4. The maximum Gasteiger partial charge on any atom is 0.319 e. The third kappa shape index (κ3) is 6.58. The Morgan fingerprint density at radius 3 is 2.38 bits per heavy atom. The molecule has 0 spiro atoms. The molecular formula is C22H30N4O3. The number of carbonyl (C=O) groups is 2. The molecule has 0 bridgehead atoms. The number of aryl methyl sites for hydroxylation is 1.